The molecule has 0 N–H and O–H groups in total. The van der Waals surface area contributed by atoms with Crippen LogP contribution in [0.4, 0.5) is 10.1 Å². The maximum Gasteiger partial charge on any atom is 0.123 e. The van der Waals surface area contributed by atoms with Crippen molar-refractivity contribution >= 4 is 12.4 Å². The highest BCUT2D eigenvalue weighted by molar-refractivity contribution is 5.44. The van der Waals surface area contributed by atoms with E-state index in [1.54, 1.807) is 12.1 Å². The summed E-state index contributed by atoms with van der Waals surface area (Å²) in [6, 6.07) is 5.85. The first-order valence-electron chi connectivity index (χ1n) is 2.55. The molecule has 1 nitrogen and oxygen atoms in total. The van der Waals surface area contributed by atoms with Gasteiger partial charge in [0.2, 0.25) is 0 Å². The Morgan fingerprint density at radius 1 is 1.22 bits per heavy atom. The fourth-order valence-corrected chi connectivity index (χ4v) is 0.547. The van der Waals surface area contributed by atoms with Crippen LogP contribution in [-0.2, 0) is 0 Å². The highest BCUT2D eigenvalue weighted by atomic mass is 19.1. The molecular weight excluding hydrogens is 117 g/mol. The molecule has 1 aromatic rings. The minimum atomic E-state index is -0.248. The number of benzene rings is 1. The molecule has 0 amide bonds. The molecule has 0 aliphatic heterocycles. The second-order valence-corrected chi connectivity index (χ2v) is 1.63. The summed E-state index contributed by atoms with van der Waals surface area (Å²) in [5, 5.41) is 0. The summed E-state index contributed by atoms with van der Waals surface area (Å²) in [7, 11) is 0. The lowest BCUT2D eigenvalue weighted by Gasteiger charge is -1.88. The molecular formula is C7H6FN. The van der Waals surface area contributed by atoms with E-state index in [0.29, 0.717) is 5.69 Å². The molecule has 0 radical (unpaired) electrons. The van der Waals surface area contributed by atoms with Gasteiger partial charge >= 0.3 is 0 Å². The van der Waals surface area contributed by atoms with Crippen LogP contribution >= 0.6 is 0 Å². The molecule has 1 rings (SSSR count). The summed E-state index contributed by atoms with van der Waals surface area (Å²) in [5.41, 5.74) is 0.691. The zero-order valence-corrected chi connectivity index (χ0v) is 4.84. The molecule has 0 aromatic heterocycles. The zero-order chi connectivity index (χ0) is 6.69. The summed E-state index contributed by atoms with van der Waals surface area (Å²) >= 11 is 0. The van der Waals surface area contributed by atoms with E-state index in [-0.39, 0.29) is 5.82 Å². The Bertz CT molecular complexity index is 203. The molecule has 2 heteroatoms. The molecule has 0 aliphatic carbocycles. The van der Waals surface area contributed by atoms with E-state index in [4.69, 9.17) is 0 Å². The van der Waals surface area contributed by atoms with Crippen LogP contribution in [0, 0.1) is 5.82 Å². The lowest BCUT2D eigenvalue weighted by Crippen LogP contribution is -1.67. The Morgan fingerprint density at radius 3 is 2.22 bits per heavy atom. The van der Waals surface area contributed by atoms with Gasteiger partial charge in [0.15, 0.2) is 0 Å². The maximum absolute atomic E-state index is 12.2. The molecule has 0 unspecified atom stereocenters. The first-order chi connectivity index (χ1) is 4.33. The number of aliphatic imine (C=N–C) groups is 1. The quantitative estimate of drug-likeness (QED) is 0.507. The van der Waals surface area contributed by atoms with Crippen LogP contribution in [0.1, 0.15) is 0 Å². The van der Waals surface area contributed by atoms with E-state index in [0.717, 1.165) is 0 Å². The van der Waals surface area contributed by atoms with Crippen molar-refractivity contribution in [1.29, 1.82) is 0 Å². The van der Waals surface area contributed by atoms with Crippen molar-refractivity contribution in [3.8, 4) is 0 Å². The van der Waals surface area contributed by atoms with Crippen LogP contribution < -0.4 is 0 Å². The summed E-state index contributed by atoms with van der Waals surface area (Å²) in [5.74, 6) is -0.248. The summed E-state index contributed by atoms with van der Waals surface area (Å²) < 4.78 is 12.2. The summed E-state index contributed by atoms with van der Waals surface area (Å²) in [6.07, 6.45) is 0. The molecule has 1 aromatic carbocycles. The van der Waals surface area contributed by atoms with Crippen LogP contribution in [0.3, 0.4) is 0 Å². The first kappa shape index (κ1) is 5.95. The zero-order valence-electron chi connectivity index (χ0n) is 4.84. The number of hydrogen-bond acceptors (Lipinski definition) is 1. The van der Waals surface area contributed by atoms with Crippen molar-refractivity contribution in [3.05, 3.63) is 30.1 Å². The summed E-state index contributed by atoms with van der Waals surface area (Å²) in [4.78, 5) is 3.60. The summed E-state index contributed by atoms with van der Waals surface area (Å²) in [6.45, 7) is 3.29. The van der Waals surface area contributed by atoms with Gasteiger partial charge in [-0.15, -0.1) is 0 Å². The van der Waals surface area contributed by atoms with Crippen LogP contribution in [0.2, 0.25) is 0 Å². The predicted molar refractivity (Wildman–Crippen MR) is 35.6 cm³/mol. The van der Waals surface area contributed by atoms with Crippen molar-refractivity contribution in [1.82, 2.24) is 0 Å². The van der Waals surface area contributed by atoms with E-state index >= 15 is 0 Å². The number of rotatable bonds is 1. The molecule has 0 fully saturated rings. The van der Waals surface area contributed by atoms with Crippen LogP contribution in [0.15, 0.2) is 29.3 Å². The van der Waals surface area contributed by atoms with Gasteiger partial charge in [0, 0.05) is 0 Å². The van der Waals surface area contributed by atoms with Crippen LogP contribution in [0.25, 0.3) is 0 Å². The van der Waals surface area contributed by atoms with Gasteiger partial charge < -0.3 is 0 Å². The van der Waals surface area contributed by atoms with Gasteiger partial charge in [-0.3, -0.25) is 4.99 Å². The van der Waals surface area contributed by atoms with Gasteiger partial charge in [-0.1, -0.05) is 0 Å². The smallest absolute Gasteiger partial charge is 0.123 e. The minimum absolute atomic E-state index is 0.248. The van der Waals surface area contributed by atoms with E-state index in [9.17, 15) is 4.39 Å². The van der Waals surface area contributed by atoms with Crippen LogP contribution in [-0.4, -0.2) is 6.72 Å². The van der Waals surface area contributed by atoms with Gasteiger partial charge in [-0.2, -0.15) is 0 Å². The number of nitrogens with zero attached hydrogens (tertiary/aromatic N) is 1. The molecule has 0 bridgehead atoms. The average Bonchev–Trinajstić information content (AvgIpc) is 1.90. The third-order valence-electron chi connectivity index (χ3n) is 1.01. The van der Waals surface area contributed by atoms with E-state index in [1.807, 2.05) is 0 Å². The van der Waals surface area contributed by atoms with Gasteiger partial charge in [-0.05, 0) is 31.0 Å². The van der Waals surface area contributed by atoms with Crippen molar-refractivity contribution in [2.24, 2.45) is 4.99 Å². The third kappa shape index (κ3) is 1.35. The molecule has 9 heavy (non-hydrogen) atoms. The molecule has 0 atom stereocenters. The topological polar surface area (TPSA) is 12.4 Å². The average molecular weight is 123 g/mol. The molecule has 0 saturated heterocycles. The van der Waals surface area contributed by atoms with Crippen molar-refractivity contribution in [3.63, 3.8) is 0 Å². The second-order valence-electron chi connectivity index (χ2n) is 1.63. The lowest BCUT2D eigenvalue weighted by molar-refractivity contribution is 0.628. The Labute approximate surface area is 52.9 Å². The Balaban J connectivity index is 3.01. The molecule has 0 heterocycles. The van der Waals surface area contributed by atoms with Crippen molar-refractivity contribution in [2.75, 3.05) is 0 Å². The fraction of sp³-hybridized carbons (Fsp3) is 0. The second kappa shape index (κ2) is 2.40. The Hall–Kier alpha value is -1.18. The number of hydrogen-bond donors (Lipinski definition) is 0. The maximum atomic E-state index is 12.2. The van der Waals surface area contributed by atoms with Gasteiger partial charge in [0.05, 0.1) is 5.69 Å². The van der Waals surface area contributed by atoms with E-state index < -0.39 is 0 Å². The monoisotopic (exact) mass is 123 g/mol. The van der Waals surface area contributed by atoms with Gasteiger partial charge in [-0.25, -0.2) is 4.39 Å². The lowest BCUT2D eigenvalue weighted by atomic mass is 10.3. The highest BCUT2D eigenvalue weighted by Crippen LogP contribution is 2.09. The first-order valence-corrected chi connectivity index (χ1v) is 2.55. The van der Waals surface area contributed by atoms with Gasteiger partial charge in [0.1, 0.15) is 5.82 Å². The van der Waals surface area contributed by atoms with E-state index in [2.05, 4.69) is 11.7 Å². The largest absolute Gasteiger partial charge is 0.265 e. The van der Waals surface area contributed by atoms with Crippen molar-refractivity contribution < 1.29 is 4.39 Å². The Morgan fingerprint density at radius 2 is 1.78 bits per heavy atom. The van der Waals surface area contributed by atoms with Crippen molar-refractivity contribution in [2.45, 2.75) is 0 Å². The van der Waals surface area contributed by atoms with Crippen LogP contribution in [0.5, 0.6) is 0 Å². The molecule has 46 valence electrons. The third-order valence-corrected chi connectivity index (χ3v) is 1.01. The number of halogens is 1. The normalized spacial score (nSPS) is 9.00. The van der Waals surface area contributed by atoms with Gasteiger partial charge in [0.25, 0.3) is 0 Å². The SMILES string of the molecule is C=Nc1ccc(F)cc1. The molecule has 0 aliphatic rings. The predicted octanol–water partition coefficient (Wildman–Crippen LogP) is 2.16. The standard InChI is InChI=1S/C7H6FN/c1-9-7-4-2-6(8)3-5-7/h2-5H,1H2. The Kier molecular flexibility index (Phi) is 1.58. The molecule has 0 saturated carbocycles. The minimum Gasteiger partial charge on any atom is -0.265 e. The van der Waals surface area contributed by atoms with E-state index in [1.165, 1.54) is 12.1 Å². The molecule has 0 spiro atoms. The fourth-order valence-electron chi connectivity index (χ4n) is 0.547. The highest BCUT2D eigenvalue weighted by Gasteiger charge is 1.86.